The lowest BCUT2D eigenvalue weighted by atomic mass is 10.2. The molecule has 0 atom stereocenters. The van der Waals surface area contributed by atoms with Crippen LogP contribution in [0.4, 0.5) is 15.8 Å². The van der Waals surface area contributed by atoms with Crippen LogP contribution in [-0.2, 0) is 9.59 Å². The SMILES string of the molecule is O=C(N/N=C\c1cc(Cl)ccc1[N+](=O)[O-])C(=O)Nc1ccc(F)cc1. The van der Waals surface area contributed by atoms with E-state index in [4.69, 9.17) is 11.6 Å². The number of nitro groups is 1. The normalized spacial score (nSPS) is 10.5. The number of hydrogen-bond donors (Lipinski definition) is 2. The summed E-state index contributed by atoms with van der Waals surface area (Å²) in [7, 11) is 0. The summed E-state index contributed by atoms with van der Waals surface area (Å²) in [5.41, 5.74) is 1.93. The van der Waals surface area contributed by atoms with Gasteiger partial charge in [0.1, 0.15) is 5.82 Å². The smallest absolute Gasteiger partial charge is 0.318 e. The van der Waals surface area contributed by atoms with Gasteiger partial charge in [-0.05, 0) is 36.4 Å². The highest BCUT2D eigenvalue weighted by atomic mass is 35.5. The van der Waals surface area contributed by atoms with Gasteiger partial charge in [0, 0.05) is 16.8 Å². The average Bonchev–Trinajstić information content (AvgIpc) is 2.56. The molecule has 8 nitrogen and oxygen atoms in total. The van der Waals surface area contributed by atoms with Crippen molar-refractivity contribution in [2.24, 2.45) is 5.10 Å². The lowest BCUT2D eigenvalue weighted by molar-refractivity contribution is -0.385. The van der Waals surface area contributed by atoms with E-state index in [1.807, 2.05) is 5.43 Å². The summed E-state index contributed by atoms with van der Waals surface area (Å²) < 4.78 is 12.8. The molecule has 0 fully saturated rings. The predicted molar refractivity (Wildman–Crippen MR) is 88.9 cm³/mol. The summed E-state index contributed by atoms with van der Waals surface area (Å²) in [4.78, 5) is 33.5. The van der Waals surface area contributed by atoms with Crippen molar-refractivity contribution in [1.82, 2.24) is 5.43 Å². The Bertz CT molecular complexity index is 855. The van der Waals surface area contributed by atoms with Gasteiger partial charge in [-0.25, -0.2) is 9.82 Å². The topological polar surface area (TPSA) is 114 Å². The molecule has 0 saturated carbocycles. The zero-order valence-corrected chi connectivity index (χ0v) is 13.2. The molecule has 2 rings (SSSR count). The number of nitro benzene ring substituents is 1. The van der Waals surface area contributed by atoms with Crippen LogP contribution in [0.2, 0.25) is 5.02 Å². The molecule has 0 aliphatic heterocycles. The predicted octanol–water partition coefficient (Wildman–Crippen LogP) is 2.48. The third kappa shape index (κ3) is 5.08. The molecule has 0 unspecified atom stereocenters. The van der Waals surface area contributed by atoms with Crippen LogP contribution in [0.5, 0.6) is 0 Å². The zero-order valence-electron chi connectivity index (χ0n) is 12.4. The summed E-state index contributed by atoms with van der Waals surface area (Å²) in [5, 5.41) is 16.9. The number of carbonyl (C=O) groups excluding carboxylic acids is 2. The summed E-state index contributed by atoms with van der Waals surface area (Å²) in [6, 6.07) is 8.60. The number of carbonyl (C=O) groups is 2. The van der Waals surface area contributed by atoms with E-state index in [-0.39, 0.29) is 22.0 Å². The van der Waals surface area contributed by atoms with Crippen molar-refractivity contribution in [3.05, 3.63) is 69.0 Å². The van der Waals surface area contributed by atoms with Crippen LogP contribution in [0.25, 0.3) is 0 Å². The number of rotatable bonds is 4. The van der Waals surface area contributed by atoms with Gasteiger partial charge in [-0.2, -0.15) is 5.10 Å². The van der Waals surface area contributed by atoms with Crippen LogP contribution < -0.4 is 10.7 Å². The van der Waals surface area contributed by atoms with Crippen molar-refractivity contribution >= 4 is 41.0 Å². The zero-order chi connectivity index (χ0) is 18.4. The first-order valence-corrected chi connectivity index (χ1v) is 7.08. The number of amides is 2. The van der Waals surface area contributed by atoms with Crippen LogP contribution in [0, 0.1) is 15.9 Å². The Morgan fingerprint density at radius 2 is 1.84 bits per heavy atom. The van der Waals surface area contributed by atoms with Crippen molar-refractivity contribution in [3.8, 4) is 0 Å². The first-order valence-electron chi connectivity index (χ1n) is 6.70. The van der Waals surface area contributed by atoms with Gasteiger partial charge in [-0.3, -0.25) is 19.7 Å². The van der Waals surface area contributed by atoms with Gasteiger partial charge < -0.3 is 5.32 Å². The monoisotopic (exact) mass is 364 g/mol. The van der Waals surface area contributed by atoms with Gasteiger partial charge in [0.25, 0.3) is 5.69 Å². The molecule has 2 amide bonds. The Morgan fingerprint density at radius 1 is 1.16 bits per heavy atom. The number of benzene rings is 2. The molecule has 0 aliphatic rings. The largest absolute Gasteiger partial charge is 0.329 e. The van der Waals surface area contributed by atoms with E-state index in [2.05, 4.69) is 10.4 Å². The molecule has 128 valence electrons. The summed E-state index contributed by atoms with van der Waals surface area (Å²) >= 11 is 5.75. The number of nitrogens with zero attached hydrogens (tertiary/aromatic N) is 2. The highest BCUT2D eigenvalue weighted by Crippen LogP contribution is 2.20. The highest BCUT2D eigenvalue weighted by Gasteiger charge is 2.14. The van der Waals surface area contributed by atoms with Gasteiger partial charge >= 0.3 is 11.8 Å². The van der Waals surface area contributed by atoms with E-state index in [0.717, 1.165) is 18.3 Å². The molecule has 0 aliphatic carbocycles. The Kier molecular flexibility index (Phi) is 5.75. The lowest BCUT2D eigenvalue weighted by Gasteiger charge is -2.03. The molecule has 0 heterocycles. The van der Waals surface area contributed by atoms with Crippen LogP contribution in [0.3, 0.4) is 0 Å². The number of nitrogens with one attached hydrogen (secondary N) is 2. The Morgan fingerprint density at radius 3 is 2.48 bits per heavy atom. The molecular weight excluding hydrogens is 355 g/mol. The first-order chi connectivity index (χ1) is 11.9. The van der Waals surface area contributed by atoms with E-state index in [9.17, 15) is 24.1 Å². The lowest BCUT2D eigenvalue weighted by Crippen LogP contribution is -2.32. The number of halogens is 2. The molecule has 0 aromatic heterocycles. The number of hydrogen-bond acceptors (Lipinski definition) is 5. The Labute approximate surface area is 145 Å². The van der Waals surface area contributed by atoms with E-state index in [0.29, 0.717) is 0 Å². The van der Waals surface area contributed by atoms with Gasteiger partial charge in [-0.15, -0.1) is 0 Å². The van der Waals surface area contributed by atoms with Crippen LogP contribution in [0.1, 0.15) is 5.56 Å². The number of anilines is 1. The van der Waals surface area contributed by atoms with Crippen molar-refractivity contribution in [1.29, 1.82) is 0 Å². The van der Waals surface area contributed by atoms with Crippen molar-refractivity contribution in [2.75, 3.05) is 5.32 Å². The Balaban J connectivity index is 2.00. The van der Waals surface area contributed by atoms with Gasteiger partial charge in [0.15, 0.2) is 0 Å². The van der Waals surface area contributed by atoms with Crippen LogP contribution >= 0.6 is 11.6 Å². The van der Waals surface area contributed by atoms with Crippen LogP contribution in [-0.4, -0.2) is 23.0 Å². The maximum atomic E-state index is 12.8. The molecule has 0 saturated heterocycles. The second kappa shape index (κ2) is 7.97. The van der Waals surface area contributed by atoms with Gasteiger partial charge in [-0.1, -0.05) is 11.6 Å². The third-order valence-corrected chi connectivity index (χ3v) is 3.10. The molecular formula is C15H10ClFN4O4. The molecule has 0 radical (unpaired) electrons. The molecule has 2 N–H and O–H groups in total. The molecule has 2 aromatic carbocycles. The van der Waals surface area contributed by atoms with Crippen LogP contribution in [0.15, 0.2) is 47.6 Å². The second-order valence-corrected chi connectivity index (χ2v) is 5.06. The highest BCUT2D eigenvalue weighted by molar-refractivity contribution is 6.39. The minimum atomic E-state index is -1.11. The molecule has 10 heteroatoms. The van der Waals surface area contributed by atoms with E-state index >= 15 is 0 Å². The van der Waals surface area contributed by atoms with Crippen molar-refractivity contribution in [3.63, 3.8) is 0 Å². The molecule has 0 spiro atoms. The maximum absolute atomic E-state index is 12.8. The quantitative estimate of drug-likeness (QED) is 0.375. The van der Waals surface area contributed by atoms with Gasteiger partial charge in [0.05, 0.1) is 16.7 Å². The molecule has 2 aromatic rings. The third-order valence-electron chi connectivity index (χ3n) is 2.86. The Hall–Kier alpha value is -3.33. The first kappa shape index (κ1) is 18.0. The minimum absolute atomic E-state index is 0.0525. The fourth-order valence-electron chi connectivity index (χ4n) is 1.73. The van der Waals surface area contributed by atoms with Crippen molar-refractivity contribution in [2.45, 2.75) is 0 Å². The minimum Gasteiger partial charge on any atom is -0.318 e. The fourth-order valence-corrected chi connectivity index (χ4v) is 1.91. The molecule has 0 bridgehead atoms. The summed E-state index contributed by atoms with van der Waals surface area (Å²) in [5.74, 6) is -2.63. The molecule has 25 heavy (non-hydrogen) atoms. The maximum Gasteiger partial charge on any atom is 0.329 e. The second-order valence-electron chi connectivity index (χ2n) is 4.62. The summed E-state index contributed by atoms with van der Waals surface area (Å²) in [6.07, 6.45) is 0.993. The van der Waals surface area contributed by atoms with E-state index in [1.165, 1.54) is 30.3 Å². The summed E-state index contributed by atoms with van der Waals surface area (Å²) in [6.45, 7) is 0. The number of hydrazone groups is 1. The standard InChI is InChI=1S/C15H10ClFN4O4/c16-10-1-6-13(21(24)25)9(7-10)8-18-20-15(23)14(22)19-12-4-2-11(17)3-5-12/h1-8H,(H,19,22)(H,20,23)/b18-8-. The average molecular weight is 365 g/mol. The van der Waals surface area contributed by atoms with E-state index in [1.54, 1.807) is 0 Å². The van der Waals surface area contributed by atoms with Gasteiger partial charge in [0.2, 0.25) is 0 Å². The van der Waals surface area contributed by atoms with E-state index < -0.39 is 22.6 Å². The fraction of sp³-hybridized carbons (Fsp3) is 0. The van der Waals surface area contributed by atoms with Crippen molar-refractivity contribution < 1.29 is 18.9 Å².